The predicted molar refractivity (Wildman–Crippen MR) is 134 cm³/mol. The Kier molecular flexibility index (Phi) is 11.9. The van der Waals surface area contributed by atoms with Gasteiger partial charge < -0.3 is 20.3 Å². The van der Waals surface area contributed by atoms with Crippen LogP contribution in [0.4, 0.5) is 0 Å². The molecule has 0 saturated heterocycles. The molecule has 0 aliphatic carbocycles. The first kappa shape index (κ1) is 25.7. The summed E-state index contributed by atoms with van der Waals surface area (Å²) in [7, 11) is 5.19. The van der Waals surface area contributed by atoms with E-state index in [2.05, 4.69) is 34.7 Å². The Morgan fingerprint density at radius 2 is 1.63 bits per heavy atom. The van der Waals surface area contributed by atoms with E-state index in [4.69, 9.17) is 4.74 Å². The normalized spacial score (nSPS) is 10.7. The summed E-state index contributed by atoms with van der Waals surface area (Å²) in [5, 5.41) is 6.65. The Balaban J connectivity index is 0.00000450. The first-order chi connectivity index (χ1) is 14.0. The lowest BCUT2D eigenvalue weighted by Crippen LogP contribution is -2.37. The van der Waals surface area contributed by atoms with E-state index in [1.807, 2.05) is 36.4 Å². The number of carbonyl (C=O) groups is 1. The molecule has 2 rings (SSSR count). The number of guanidine groups is 1. The molecule has 0 bridgehead atoms. The number of amides is 1. The number of hydrogen-bond acceptors (Lipinski definition) is 3. The molecule has 7 heteroatoms. The SMILES string of the molecule is CCNC(=NCc1ccc(C(=O)N(C)C)cc1)NCCCc1ccc(OC)cc1.I. The summed E-state index contributed by atoms with van der Waals surface area (Å²) in [4.78, 5) is 18.2. The van der Waals surface area contributed by atoms with Crippen LogP contribution in [0.25, 0.3) is 0 Å². The van der Waals surface area contributed by atoms with Gasteiger partial charge in [-0.15, -0.1) is 24.0 Å². The van der Waals surface area contributed by atoms with Crippen LogP contribution in [0.5, 0.6) is 5.75 Å². The van der Waals surface area contributed by atoms with Gasteiger partial charge in [0, 0.05) is 32.7 Å². The minimum Gasteiger partial charge on any atom is -0.497 e. The Labute approximate surface area is 197 Å². The van der Waals surface area contributed by atoms with Crippen molar-refractivity contribution >= 4 is 35.8 Å². The number of benzene rings is 2. The molecule has 0 radical (unpaired) electrons. The van der Waals surface area contributed by atoms with Crippen LogP contribution in [0.15, 0.2) is 53.5 Å². The van der Waals surface area contributed by atoms with Crippen LogP contribution in [0.1, 0.15) is 34.8 Å². The number of nitrogens with zero attached hydrogens (tertiary/aromatic N) is 2. The highest BCUT2D eigenvalue weighted by Crippen LogP contribution is 2.12. The van der Waals surface area contributed by atoms with Crippen molar-refractivity contribution in [1.29, 1.82) is 0 Å². The Morgan fingerprint density at radius 1 is 1.00 bits per heavy atom. The number of aryl methyl sites for hydroxylation is 1. The molecule has 0 spiro atoms. The maximum atomic E-state index is 12.0. The second-order valence-electron chi connectivity index (χ2n) is 6.97. The van der Waals surface area contributed by atoms with Gasteiger partial charge >= 0.3 is 0 Å². The van der Waals surface area contributed by atoms with Crippen molar-refractivity contribution in [2.24, 2.45) is 4.99 Å². The number of rotatable bonds is 9. The highest BCUT2D eigenvalue weighted by molar-refractivity contribution is 14.0. The molecular formula is C23H33IN4O2. The first-order valence-corrected chi connectivity index (χ1v) is 9.99. The lowest BCUT2D eigenvalue weighted by atomic mass is 10.1. The number of ether oxygens (including phenoxy) is 1. The molecule has 0 aliphatic heterocycles. The van der Waals surface area contributed by atoms with Crippen LogP contribution < -0.4 is 15.4 Å². The quantitative estimate of drug-likeness (QED) is 0.227. The van der Waals surface area contributed by atoms with Gasteiger partial charge in [-0.05, 0) is 55.2 Å². The van der Waals surface area contributed by atoms with Crippen LogP contribution in [0, 0.1) is 0 Å². The summed E-state index contributed by atoms with van der Waals surface area (Å²) >= 11 is 0. The van der Waals surface area contributed by atoms with E-state index in [0.717, 1.165) is 43.2 Å². The molecule has 0 fully saturated rings. The topological polar surface area (TPSA) is 66.0 Å². The fourth-order valence-electron chi connectivity index (χ4n) is 2.81. The van der Waals surface area contributed by atoms with Crippen molar-refractivity contribution in [2.75, 3.05) is 34.3 Å². The van der Waals surface area contributed by atoms with E-state index in [0.29, 0.717) is 12.1 Å². The van der Waals surface area contributed by atoms with Crippen molar-refractivity contribution in [3.63, 3.8) is 0 Å². The summed E-state index contributed by atoms with van der Waals surface area (Å²) in [5.74, 6) is 1.69. The van der Waals surface area contributed by atoms with E-state index in [9.17, 15) is 4.79 Å². The second kappa shape index (κ2) is 13.8. The zero-order valence-corrected chi connectivity index (χ0v) is 20.6. The molecule has 0 saturated carbocycles. The number of aliphatic imine (C=N–C) groups is 1. The van der Waals surface area contributed by atoms with Crippen molar-refractivity contribution < 1.29 is 9.53 Å². The van der Waals surface area contributed by atoms with E-state index in [1.165, 1.54) is 5.56 Å². The molecule has 30 heavy (non-hydrogen) atoms. The minimum atomic E-state index is 0. The lowest BCUT2D eigenvalue weighted by molar-refractivity contribution is 0.0827. The monoisotopic (exact) mass is 524 g/mol. The summed E-state index contributed by atoms with van der Waals surface area (Å²) in [5.41, 5.74) is 3.05. The number of methoxy groups -OCH3 is 1. The molecule has 0 heterocycles. The molecule has 0 unspecified atom stereocenters. The van der Waals surface area contributed by atoms with Crippen molar-refractivity contribution in [1.82, 2.24) is 15.5 Å². The molecule has 2 aromatic rings. The molecule has 0 aromatic heterocycles. The van der Waals surface area contributed by atoms with Crippen molar-refractivity contribution in [3.8, 4) is 5.75 Å². The highest BCUT2D eigenvalue weighted by Gasteiger charge is 2.07. The average molecular weight is 524 g/mol. The standard InChI is InChI=1S/C23H32N4O2.HI/c1-5-24-23(25-16-6-7-18-10-14-21(29-4)15-11-18)26-17-19-8-12-20(13-9-19)22(28)27(2)3;/h8-15H,5-7,16-17H2,1-4H3,(H2,24,25,26);1H. The maximum absolute atomic E-state index is 12.0. The summed E-state index contributed by atoms with van der Waals surface area (Å²) < 4.78 is 5.19. The van der Waals surface area contributed by atoms with E-state index < -0.39 is 0 Å². The maximum Gasteiger partial charge on any atom is 0.253 e. The van der Waals surface area contributed by atoms with Gasteiger partial charge in [-0.2, -0.15) is 0 Å². The third kappa shape index (κ3) is 8.61. The molecular weight excluding hydrogens is 491 g/mol. The van der Waals surface area contributed by atoms with E-state index in [-0.39, 0.29) is 29.9 Å². The van der Waals surface area contributed by atoms with Gasteiger partial charge in [0.25, 0.3) is 5.91 Å². The molecule has 2 N–H and O–H groups in total. The summed E-state index contributed by atoms with van der Waals surface area (Å²) in [6, 6.07) is 15.8. The largest absolute Gasteiger partial charge is 0.497 e. The average Bonchev–Trinajstić information content (AvgIpc) is 2.75. The zero-order valence-electron chi connectivity index (χ0n) is 18.3. The number of hydrogen-bond donors (Lipinski definition) is 2. The lowest BCUT2D eigenvalue weighted by Gasteiger charge is -2.12. The van der Waals surface area contributed by atoms with Gasteiger partial charge in [0.15, 0.2) is 5.96 Å². The summed E-state index contributed by atoms with van der Waals surface area (Å²) in [6.45, 7) is 4.26. The molecule has 0 atom stereocenters. The Morgan fingerprint density at radius 3 is 2.20 bits per heavy atom. The Bertz CT molecular complexity index is 790. The van der Waals surface area contributed by atoms with E-state index in [1.54, 1.807) is 26.1 Å². The third-order valence-corrected chi connectivity index (χ3v) is 4.46. The van der Waals surface area contributed by atoms with Crippen LogP contribution in [-0.2, 0) is 13.0 Å². The third-order valence-electron chi connectivity index (χ3n) is 4.46. The smallest absolute Gasteiger partial charge is 0.253 e. The van der Waals surface area contributed by atoms with E-state index >= 15 is 0 Å². The van der Waals surface area contributed by atoms with Gasteiger partial charge in [-0.25, -0.2) is 4.99 Å². The molecule has 2 aromatic carbocycles. The van der Waals surface area contributed by atoms with Crippen LogP contribution >= 0.6 is 24.0 Å². The highest BCUT2D eigenvalue weighted by atomic mass is 127. The summed E-state index contributed by atoms with van der Waals surface area (Å²) in [6.07, 6.45) is 2.01. The number of halogens is 1. The fourth-order valence-corrected chi connectivity index (χ4v) is 2.81. The fraction of sp³-hybridized carbons (Fsp3) is 0.391. The van der Waals surface area contributed by atoms with Gasteiger partial charge in [-0.1, -0.05) is 24.3 Å². The predicted octanol–water partition coefficient (Wildman–Crippen LogP) is 3.70. The van der Waals surface area contributed by atoms with Gasteiger partial charge in [-0.3, -0.25) is 4.79 Å². The van der Waals surface area contributed by atoms with Crippen molar-refractivity contribution in [2.45, 2.75) is 26.3 Å². The zero-order chi connectivity index (χ0) is 21.1. The number of carbonyl (C=O) groups excluding carboxylic acids is 1. The molecule has 1 amide bonds. The van der Waals surface area contributed by atoms with Crippen LogP contribution in [-0.4, -0.2) is 51.1 Å². The molecule has 0 aliphatic rings. The molecule has 6 nitrogen and oxygen atoms in total. The first-order valence-electron chi connectivity index (χ1n) is 9.99. The minimum absolute atomic E-state index is 0. The van der Waals surface area contributed by atoms with Gasteiger partial charge in [0.05, 0.1) is 13.7 Å². The van der Waals surface area contributed by atoms with Gasteiger partial charge in [0.1, 0.15) is 5.75 Å². The van der Waals surface area contributed by atoms with Gasteiger partial charge in [0.2, 0.25) is 0 Å². The van der Waals surface area contributed by atoms with Crippen LogP contribution in [0.3, 0.4) is 0 Å². The Hall–Kier alpha value is -2.29. The number of nitrogens with one attached hydrogen (secondary N) is 2. The second-order valence-corrected chi connectivity index (χ2v) is 6.97. The van der Waals surface area contributed by atoms with Crippen LogP contribution in [0.2, 0.25) is 0 Å². The van der Waals surface area contributed by atoms with Crippen molar-refractivity contribution in [3.05, 3.63) is 65.2 Å². The molecule has 164 valence electrons.